The van der Waals surface area contributed by atoms with Crippen molar-refractivity contribution in [2.75, 3.05) is 11.9 Å². The SMILES string of the molecule is Cc1cccc(NC(=O)COC(=O)c2cc(F)c(Cl)cc2Cl)c1C. The van der Waals surface area contributed by atoms with Crippen LogP contribution in [0.15, 0.2) is 30.3 Å². The fraction of sp³-hybridized carbons (Fsp3) is 0.176. The zero-order chi connectivity index (χ0) is 17.9. The summed E-state index contributed by atoms with van der Waals surface area (Å²) in [6.07, 6.45) is 0. The molecule has 0 aliphatic heterocycles. The molecular weight excluding hydrogens is 356 g/mol. The summed E-state index contributed by atoms with van der Waals surface area (Å²) in [6.45, 7) is 3.27. The normalized spacial score (nSPS) is 10.4. The van der Waals surface area contributed by atoms with Crippen molar-refractivity contribution in [1.82, 2.24) is 0 Å². The van der Waals surface area contributed by atoms with Gasteiger partial charge in [0.25, 0.3) is 5.91 Å². The fourth-order valence-electron chi connectivity index (χ4n) is 1.96. The number of carbonyl (C=O) groups is 2. The molecule has 0 saturated carbocycles. The molecule has 0 aliphatic rings. The van der Waals surface area contributed by atoms with E-state index in [9.17, 15) is 14.0 Å². The highest BCUT2D eigenvalue weighted by molar-refractivity contribution is 6.36. The quantitative estimate of drug-likeness (QED) is 0.635. The van der Waals surface area contributed by atoms with E-state index in [1.54, 1.807) is 12.1 Å². The number of amides is 1. The van der Waals surface area contributed by atoms with Gasteiger partial charge < -0.3 is 10.1 Å². The summed E-state index contributed by atoms with van der Waals surface area (Å²) in [4.78, 5) is 23.8. The van der Waals surface area contributed by atoms with Crippen LogP contribution in [0.1, 0.15) is 21.5 Å². The number of esters is 1. The Balaban J connectivity index is 2.00. The van der Waals surface area contributed by atoms with Gasteiger partial charge in [-0.1, -0.05) is 35.3 Å². The molecule has 24 heavy (non-hydrogen) atoms. The molecule has 2 aromatic rings. The van der Waals surface area contributed by atoms with Crippen LogP contribution in [0.2, 0.25) is 10.0 Å². The summed E-state index contributed by atoms with van der Waals surface area (Å²) in [6, 6.07) is 7.44. The minimum atomic E-state index is -0.910. The number of rotatable bonds is 4. The molecule has 0 radical (unpaired) electrons. The van der Waals surface area contributed by atoms with E-state index in [1.807, 2.05) is 19.9 Å². The summed E-state index contributed by atoms with van der Waals surface area (Å²) in [5.74, 6) is -2.22. The Morgan fingerprint density at radius 2 is 1.88 bits per heavy atom. The molecule has 7 heteroatoms. The standard InChI is InChI=1S/C17H14Cl2FNO3/c1-9-4-3-5-15(10(9)2)21-16(22)8-24-17(23)11-6-14(20)13(19)7-12(11)18/h3-7H,8H2,1-2H3,(H,21,22). The van der Waals surface area contributed by atoms with E-state index in [0.717, 1.165) is 23.3 Å². The lowest BCUT2D eigenvalue weighted by Gasteiger charge is -2.11. The van der Waals surface area contributed by atoms with E-state index in [0.29, 0.717) is 5.69 Å². The Kier molecular flexibility index (Phi) is 5.80. The minimum absolute atomic E-state index is 0.0543. The number of halogens is 3. The lowest BCUT2D eigenvalue weighted by molar-refractivity contribution is -0.119. The van der Waals surface area contributed by atoms with Crippen LogP contribution in [0.3, 0.4) is 0 Å². The molecule has 2 rings (SSSR count). The van der Waals surface area contributed by atoms with E-state index >= 15 is 0 Å². The highest BCUT2D eigenvalue weighted by Gasteiger charge is 2.17. The third-order valence-corrected chi connectivity index (χ3v) is 4.05. The van der Waals surface area contributed by atoms with Crippen LogP contribution >= 0.6 is 23.2 Å². The van der Waals surface area contributed by atoms with E-state index in [1.165, 1.54) is 0 Å². The molecule has 0 bridgehead atoms. The second-order valence-corrected chi connectivity index (χ2v) is 5.93. The molecular formula is C17H14Cl2FNO3. The first-order valence-electron chi connectivity index (χ1n) is 6.97. The van der Waals surface area contributed by atoms with Crippen molar-refractivity contribution in [3.63, 3.8) is 0 Å². The van der Waals surface area contributed by atoms with Gasteiger partial charge in [0.2, 0.25) is 0 Å². The van der Waals surface area contributed by atoms with Gasteiger partial charge in [-0.2, -0.15) is 0 Å². The molecule has 0 saturated heterocycles. The highest BCUT2D eigenvalue weighted by Crippen LogP contribution is 2.25. The molecule has 0 aliphatic carbocycles. The molecule has 0 atom stereocenters. The number of anilines is 1. The van der Waals surface area contributed by atoms with Crippen molar-refractivity contribution in [2.24, 2.45) is 0 Å². The fourth-order valence-corrected chi connectivity index (χ4v) is 2.42. The lowest BCUT2D eigenvalue weighted by atomic mass is 10.1. The highest BCUT2D eigenvalue weighted by atomic mass is 35.5. The number of hydrogen-bond donors (Lipinski definition) is 1. The molecule has 2 aromatic carbocycles. The zero-order valence-corrected chi connectivity index (χ0v) is 14.5. The second-order valence-electron chi connectivity index (χ2n) is 5.12. The molecule has 0 heterocycles. The first kappa shape index (κ1) is 18.2. The summed E-state index contributed by atoms with van der Waals surface area (Å²) < 4.78 is 18.3. The van der Waals surface area contributed by atoms with Gasteiger partial charge in [-0.3, -0.25) is 4.79 Å². The van der Waals surface area contributed by atoms with Crippen LogP contribution in [-0.2, 0) is 9.53 Å². The van der Waals surface area contributed by atoms with E-state index in [2.05, 4.69) is 5.32 Å². The number of hydrogen-bond acceptors (Lipinski definition) is 3. The summed E-state index contributed by atoms with van der Waals surface area (Å²) in [5.41, 5.74) is 2.37. The Hall–Kier alpha value is -2.11. The van der Waals surface area contributed by atoms with Gasteiger partial charge in [0, 0.05) is 5.69 Å². The Labute approximate surface area is 148 Å². The number of aryl methyl sites for hydroxylation is 1. The summed E-state index contributed by atoms with van der Waals surface area (Å²) in [7, 11) is 0. The summed E-state index contributed by atoms with van der Waals surface area (Å²) >= 11 is 11.4. The predicted octanol–water partition coefficient (Wildman–Crippen LogP) is 4.54. The molecule has 0 aromatic heterocycles. The molecule has 126 valence electrons. The molecule has 1 amide bonds. The van der Waals surface area contributed by atoms with Crippen LogP contribution < -0.4 is 5.32 Å². The molecule has 0 fully saturated rings. The lowest BCUT2D eigenvalue weighted by Crippen LogP contribution is -2.21. The maximum atomic E-state index is 13.4. The van der Waals surface area contributed by atoms with Gasteiger partial charge in [-0.15, -0.1) is 0 Å². The minimum Gasteiger partial charge on any atom is -0.452 e. The van der Waals surface area contributed by atoms with Crippen molar-refractivity contribution in [2.45, 2.75) is 13.8 Å². The van der Waals surface area contributed by atoms with Crippen molar-refractivity contribution in [3.05, 3.63) is 62.9 Å². The number of carbonyl (C=O) groups excluding carboxylic acids is 2. The van der Waals surface area contributed by atoms with Gasteiger partial charge in [0.15, 0.2) is 6.61 Å². The Bertz CT molecular complexity index is 809. The van der Waals surface area contributed by atoms with Crippen molar-refractivity contribution in [3.8, 4) is 0 Å². The molecule has 1 N–H and O–H groups in total. The smallest absolute Gasteiger partial charge is 0.340 e. The maximum absolute atomic E-state index is 13.4. The molecule has 4 nitrogen and oxygen atoms in total. The average Bonchev–Trinajstić information content (AvgIpc) is 2.53. The van der Waals surface area contributed by atoms with E-state index in [4.69, 9.17) is 27.9 Å². The average molecular weight is 370 g/mol. The zero-order valence-electron chi connectivity index (χ0n) is 13.0. The van der Waals surface area contributed by atoms with Gasteiger partial charge in [0.05, 0.1) is 15.6 Å². The van der Waals surface area contributed by atoms with Gasteiger partial charge >= 0.3 is 5.97 Å². The topological polar surface area (TPSA) is 55.4 Å². The second kappa shape index (κ2) is 7.64. The van der Waals surface area contributed by atoms with Crippen molar-refractivity contribution < 1.29 is 18.7 Å². The van der Waals surface area contributed by atoms with Crippen molar-refractivity contribution >= 4 is 40.8 Å². The Morgan fingerprint density at radius 3 is 2.58 bits per heavy atom. The predicted molar refractivity (Wildman–Crippen MR) is 91.2 cm³/mol. The maximum Gasteiger partial charge on any atom is 0.340 e. The van der Waals surface area contributed by atoms with E-state index in [-0.39, 0.29) is 15.6 Å². The largest absolute Gasteiger partial charge is 0.452 e. The van der Waals surface area contributed by atoms with E-state index < -0.39 is 24.3 Å². The van der Waals surface area contributed by atoms with Crippen molar-refractivity contribution in [1.29, 1.82) is 0 Å². The third kappa shape index (κ3) is 4.24. The first-order chi connectivity index (χ1) is 11.3. The first-order valence-corrected chi connectivity index (χ1v) is 7.73. The van der Waals surface area contributed by atoms with Crippen LogP contribution in [0.5, 0.6) is 0 Å². The number of nitrogens with one attached hydrogen (secondary N) is 1. The molecule has 0 spiro atoms. The monoisotopic (exact) mass is 369 g/mol. The Morgan fingerprint density at radius 1 is 1.17 bits per heavy atom. The summed E-state index contributed by atoms with van der Waals surface area (Å²) in [5, 5.41) is 2.39. The number of ether oxygens (including phenoxy) is 1. The number of benzene rings is 2. The van der Waals surface area contributed by atoms with Crippen LogP contribution in [0.25, 0.3) is 0 Å². The van der Waals surface area contributed by atoms with Gasteiger partial charge in [-0.25, -0.2) is 9.18 Å². The van der Waals surface area contributed by atoms with Crippen LogP contribution in [-0.4, -0.2) is 18.5 Å². The van der Waals surface area contributed by atoms with Crippen LogP contribution in [0, 0.1) is 19.7 Å². The van der Waals surface area contributed by atoms with Gasteiger partial charge in [0.1, 0.15) is 5.82 Å². The molecule has 0 unspecified atom stereocenters. The van der Waals surface area contributed by atoms with Gasteiger partial charge in [-0.05, 0) is 43.2 Å². The third-order valence-electron chi connectivity index (χ3n) is 3.44. The van der Waals surface area contributed by atoms with Crippen LogP contribution in [0.4, 0.5) is 10.1 Å².